The fourth-order valence-electron chi connectivity index (χ4n) is 5.02. The number of nitrogens with zero attached hydrogens (tertiary/aromatic N) is 1. The molecule has 1 aliphatic carbocycles. The molecule has 2 atom stereocenters. The first-order valence-corrected chi connectivity index (χ1v) is 12.5. The summed E-state index contributed by atoms with van der Waals surface area (Å²) in [6.07, 6.45) is 3.31. The highest BCUT2D eigenvalue weighted by molar-refractivity contribution is 7.10. The Balaban J connectivity index is 1.34. The van der Waals surface area contributed by atoms with Crippen molar-refractivity contribution in [1.29, 1.82) is 0 Å². The van der Waals surface area contributed by atoms with E-state index in [9.17, 15) is 14.4 Å². The molecule has 1 spiro atoms. The van der Waals surface area contributed by atoms with Crippen molar-refractivity contribution in [3.63, 3.8) is 0 Å². The number of thiophene rings is 1. The molecule has 4 amide bonds. The van der Waals surface area contributed by atoms with Gasteiger partial charge < -0.3 is 10.6 Å². The minimum absolute atomic E-state index is 0.315. The van der Waals surface area contributed by atoms with Gasteiger partial charge in [0, 0.05) is 4.88 Å². The molecule has 174 valence electrons. The van der Waals surface area contributed by atoms with Gasteiger partial charge in [0.2, 0.25) is 5.91 Å². The smallest absolute Gasteiger partial charge is 0.325 e. The average Bonchev–Trinajstić information content (AvgIpc) is 3.55. The van der Waals surface area contributed by atoms with E-state index in [2.05, 4.69) is 29.7 Å². The Labute approximate surface area is 203 Å². The number of hydrogen-bond donors (Lipinski definition) is 2. The number of benzene rings is 2. The van der Waals surface area contributed by atoms with Crippen LogP contribution in [0.25, 0.3) is 0 Å². The number of imide groups is 1. The highest BCUT2D eigenvalue weighted by atomic mass is 32.1. The molecule has 7 heteroatoms. The first-order valence-electron chi connectivity index (χ1n) is 11.7. The summed E-state index contributed by atoms with van der Waals surface area (Å²) >= 11 is 1.56. The molecular formula is C27H27N3O3S. The molecular weight excluding hydrogens is 446 g/mol. The molecule has 0 radical (unpaired) electrons. The third kappa shape index (κ3) is 3.90. The summed E-state index contributed by atoms with van der Waals surface area (Å²) in [5, 5.41) is 7.90. The second-order valence-corrected chi connectivity index (χ2v) is 9.87. The maximum atomic E-state index is 13.4. The van der Waals surface area contributed by atoms with Gasteiger partial charge >= 0.3 is 6.03 Å². The topological polar surface area (TPSA) is 78.5 Å². The van der Waals surface area contributed by atoms with Gasteiger partial charge in [-0.3, -0.25) is 14.5 Å². The van der Waals surface area contributed by atoms with Crippen molar-refractivity contribution in [3.05, 3.63) is 93.2 Å². The predicted molar refractivity (Wildman–Crippen MR) is 131 cm³/mol. The van der Waals surface area contributed by atoms with Gasteiger partial charge in [0.1, 0.15) is 12.1 Å². The zero-order valence-corrected chi connectivity index (χ0v) is 19.9. The fraction of sp³-hybridized carbons (Fsp3) is 0.296. The van der Waals surface area contributed by atoms with Crippen LogP contribution in [0.2, 0.25) is 0 Å². The quantitative estimate of drug-likeness (QED) is 0.502. The maximum Gasteiger partial charge on any atom is 0.325 e. The van der Waals surface area contributed by atoms with E-state index in [1.54, 1.807) is 11.3 Å². The van der Waals surface area contributed by atoms with Crippen LogP contribution in [-0.4, -0.2) is 29.3 Å². The summed E-state index contributed by atoms with van der Waals surface area (Å²) in [5.74, 6) is -0.725. The van der Waals surface area contributed by atoms with Crippen molar-refractivity contribution in [1.82, 2.24) is 15.5 Å². The van der Waals surface area contributed by atoms with Crippen LogP contribution < -0.4 is 10.6 Å². The monoisotopic (exact) mass is 473 g/mol. The van der Waals surface area contributed by atoms with Gasteiger partial charge in [0.15, 0.2) is 0 Å². The van der Waals surface area contributed by atoms with Gasteiger partial charge in [-0.2, -0.15) is 0 Å². The van der Waals surface area contributed by atoms with Crippen LogP contribution in [0, 0.1) is 0 Å². The molecule has 1 saturated heterocycles. The number of nitrogens with one attached hydrogen (secondary N) is 2. The number of urea groups is 1. The van der Waals surface area contributed by atoms with Crippen LogP contribution >= 0.6 is 11.3 Å². The molecule has 1 fully saturated rings. The zero-order valence-electron chi connectivity index (χ0n) is 19.0. The van der Waals surface area contributed by atoms with Crippen LogP contribution in [0.15, 0.2) is 66.0 Å². The molecule has 3 aromatic rings. The molecule has 6 nitrogen and oxygen atoms in total. The molecule has 1 aromatic heterocycles. The van der Waals surface area contributed by atoms with Crippen molar-refractivity contribution in [2.45, 2.75) is 44.2 Å². The minimum atomic E-state index is -1.06. The number of hydrogen-bond acceptors (Lipinski definition) is 4. The normalized spacial score (nSPS) is 19.9. The van der Waals surface area contributed by atoms with Gasteiger partial charge in [-0.15, -0.1) is 11.3 Å². The van der Waals surface area contributed by atoms with Crippen LogP contribution in [0.1, 0.15) is 52.9 Å². The second kappa shape index (κ2) is 9.06. The van der Waals surface area contributed by atoms with E-state index in [4.69, 9.17) is 0 Å². The summed E-state index contributed by atoms with van der Waals surface area (Å²) in [4.78, 5) is 41.3. The predicted octanol–water partition coefficient (Wildman–Crippen LogP) is 4.30. The molecule has 2 aromatic carbocycles. The lowest BCUT2D eigenvalue weighted by molar-refractivity contribution is -0.135. The third-order valence-electron chi connectivity index (χ3n) is 6.71. The lowest BCUT2D eigenvalue weighted by Gasteiger charge is -2.23. The highest BCUT2D eigenvalue weighted by Gasteiger charge is 2.55. The van der Waals surface area contributed by atoms with Crippen molar-refractivity contribution >= 4 is 29.2 Å². The Kier molecular flexibility index (Phi) is 5.96. The number of carbonyl (C=O) groups is 3. The largest absolute Gasteiger partial charge is 0.343 e. The van der Waals surface area contributed by atoms with Crippen molar-refractivity contribution in [2.75, 3.05) is 6.54 Å². The van der Waals surface area contributed by atoms with E-state index in [-0.39, 0.29) is 24.4 Å². The third-order valence-corrected chi connectivity index (χ3v) is 7.65. The van der Waals surface area contributed by atoms with Crippen molar-refractivity contribution in [2.24, 2.45) is 0 Å². The van der Waals surface area contributed by atoms with Crippen LogP contribution in [-0.2, 0) is 28.0 Å². The van der Waals surface area contributed by atoms with E-state index in [1.165, 1.54) is 5.56 Å². The van der Waals surface area contributed by atoms with E-state index in [0.29, 0.717) is 6.42 Å². The Morgan fingerprint density at radius 3 is 2.65 bits per heavy atom. The Morgan fingerprint density at radius 1 is 1.12 bits per heavy atom. The molecule has 1 aliphatic heterocycles. The van der Waals surface area contributed by atoms with Gasteiger partial charge in [0.25, 0.3) is 5.91 Å². The Morgan fingerprint density at radius 2 is 1.91 bits per heavy atom. The number of rotatable bonds is 7. The highest BCUT2D eigenvalue weighted by Crippen LogP contribution is 2.41. The molecule has 2 heterocycles. The molecule has 2 N–H and O–H groups in total. The van der Waals surface area contributed by atoms with Crippen LogP contribution in [0.3, 0.4) is 0 Å². The number of fused-ring (bicyclic) bond motifs is 2. The van der Waals surface area contributed by atoms with E-state index < -0.39 is 11.6 Å². The van der Waals surface area contributed by atoms with Gasteiger partial charge in [-0.05, 0) is 53.0 Å². The lowest BCUT2D eigenvalue weighted by Crippen LogP contribution is -2.44. The maximum absolute atomic E-state index is 13.4. The summed E-state index contributed by atoms with van der Waals surface area (Å²) in [7, 11) is 0. The fourth-order valence-corrected chi connectivity index (χ4v) is 5.83. The first kappa shape index (κ1) is 22.3. The number of amides is 4. The second-order valence-electron chi connectivity index (χ2n) is 8.89. The summed E-state index contributed by atoms with van der Waals surface area (Å²) < 4.78 is 0. The van der Waals surface area contributed by atoms with Crippen molar-refractivity contribution in [3.8, 4) is 0 Å². The number of carbonyl (C=O) groups excluding carboxylic acids is 3. The van der Waals surface area contributed by atoms with Crippen molar-refractivity contribution < 1.29 is 14.4 Å². The molecule has 2 aliphatic rings. The Hall–Kier alpha value is -3.45. The SMILES string of the molecule is CCCc1ccc(C(NC(=O)CN2C(=O)NC3(CCc4ccccc43)C2=O)c2cccs2)cc1. The molecule has 34 heavy (non-hydrogen) atoms. The molecule has 0 saturated carbocycles. The molecule has 2 unspecified atom stereocenters. The standard InChI is InChI=1S/C27H27N3O3S/c1-2-6-18-10-12-20(13-11-18)24(22-9-5-16-34-22)28-23(31)17-30-25(32)27(29-26(30)33)15-14-19-7-3-4-8-21(19)27/h3-5,7-13,16,24H,2,6,14-15,17H2,1H3,(H,28,31)(H,29,33). The van der Waals surface area contributed by atoms with E-state index >= 15 is 0 Å². The average molecular weight is 474 g/mol. The van der Waals surface area contributed by atoms with Gasteiger partial charge in [-0.25, -0.2) is 4.79 Å². The summed E-state index contributed by atoms with van der Waals surface area (Å²) in [5.41, 5.74) is 3.06. The van der Waals surface area contributed by atoms with Crippen LogP contribution in [0.5, 0.6) is 0 Å². The van der Waals surface area contributed by atoms with E-state index in [0.717, 1.165) is 45.7 Å². The molecule has 5 rings (SSSR count). The first-order chi connectivity index (χ1) is 16.5. The lowest BCUT2D eigenvalue weighted by atomic mass is 9.92. The Bertz CT molecular complexity index is 1220. The van der Waals surface area contributed by atoms with Gasteiger partial charge in [0.05, 0.1) is 6.04 Å². The summed E-state index contributed by atoms with van der Waals surface area (Å²) in [6, 6.07) is 19.0. The molecule has 0 bridgehead atoms. The zero-order chi connectivity index (χ0) is 23.7. The van der Waals surface area contributed by atoms with E-state index in [1.807, 2.05) is 53.9 Å². The van der Waals surface area contributed by atoms with Gasteiger partial charge in [-0.1, -0.05) is 67.9 Å². The number of aryl methyl sites for hydroxylation is 2. The van der Waals surface area contributed by atoms with Crippen LogP contribution in [0.4, 0.5) is 4.79 Å². The minimum Gasteiger partial charge on any atom is -0.343 e. The summed E-state index contributed by atoms with van der Waals surface area (Å²) in [6.45, 7) is 1.83.